The van der Waals surface area contributed by atoms with Gasteiger partial charge in [-0.2, -0.15) is 0 Å². The van der Waals surface area contributed by atoms with Crippen molar-refractivity contribution in [3.8, 4) is 0 Å². The molecule has 0 aliphatic carbocycles. The van der Waals surface area contributed by atoms with Crippen LogP contribution in [0.5, 0.6) is 0 Å². The minimum absolute atomic E-state index is 0.00634. The van der Waals surface area contributed by atoms with Crippen LogP contribution in [0.4, 0.5) is 0 Å². The second-order valence-electron chi connectivity index (χ2n) is 3.08. The lowest BCUT2D eigenvalue weighted by atomic mass is 10.1. The molecular weight excluding hydrogens is 323 g/mol. The summed E-state index contributed by atoms with van der Waals surface area (Å²) in [6.07, 6.45) is 0. The van der Waals surface area contributed by atoms with Gasteiger partial charge < -0.3 is 10.2 Å². The molecule has 0 radical (unpaired) electrons. The Morgan fingerprint density at radius 1 is 0.941 bits per heavy atom. The molecule has 0 amide bonds. The third-order valence-electron chi connectivity index (χ3n) is 2.02. The van der Waals surface area contributed by atoms with E-state index in [0.717, 1.165) is 11.1 Å². The van der Waals surface area contributed by atoms with Crippen LogP contribution in [-0.2, 0) is 11.5 Å². The summed E-state index contributed by atoms with van der Waals surface area (Å²) in [5, 5.41) is 18.9. The Kier molecular flexibility index (Phi) is 7.42. The number of halogens is 3. The lowest BCUT2D eigenvalue weighted by Crippen LogP contribution is -1.93. The highest BCUT2D eigenvalue weighted by Gasteiger charge is 2.14. The SMILES string of the molecule is OCSCc1cc(Cl)c(CSCO)c(Cl)c1Cl. The number of aliphatic hydroxyl groups is 2. The Morgan fingerprint density at radius 3 is 2.12 bits per heavy atom. The minimum Gasteiger partial charge on any atom is -0.386 e. The third kappa shape index (κ3) is 4.39. The van der Waals surface area contributed by atoms with Gasteiger partial charge in [-0.05, 0) is 11.6 Å². The van der Waals surface area contributed by atoms with Crippen LogP contribution < -0.4 is 0 Å². The first-order valence-corrected chi connectivity index (χ1v) is 8.08. The van der Waals surface area contributed by atoms with Gasteiger partial charge in [0, 0.05) is 22.1 Å². The summed E-state index contributed by atoms with van der Waals surface area (Å²) in [5.41, 5.74) is 1.54. The average molecular weight is 334 g/mol. The second-order valence-corrected chi connectivity index (χ2v) is 6.15. The zero-order valence-electron chi connectivity index (χ0n) is 8.75. The Morgan fingerprint density at radius 2 is 1.53 bits per heavy atom. The molecule has 0 aliphatic heterocycles. The van der Waals surface area contributed by atoms with Crippen LogP contribution in [0.15, 0.2) is 6.07 Å². The van der Waals surface area contributed by atoms with Crippen LogP contribution in [0.3, 0.4) is 0 Å². The molecule has 0 unspecified atom stereocenters. The van der Waals surface area contributed by atoms with Gasteiger partial charge in [0.05, 0.1) is 21.9 Å². The van der Waals surface area contributed by atoms with Crippen LogP contribution in [0, 0.1) is 0 Å². The molecule has 0 bridgehead atoms. The highest BCUT2D eigenvalue weighted by molar-refractivity contribution is 7.98. The summed E-state index contributed by atoms with van der Waals surface area (Å²) in [5.74, 6) is 1.10. The van der Waals surface area contributed by atoms with Gasteiger partial charge in [-0.1, -0.05) is 34.8 Å². The van der Waals surface area contributed by atoms with Crippen molar-refractivity contribution in [1.29, 1.82) is 0 Å². The Balaban J connectivity index is 2.99. The molecule has 0 aromatic heterocycles. The zero-order valence-corrected chi connectivity index (χ0v) is 12.7. The Hall–Kier alpha value is 0.710. The monoisotopic (exact) mass is 332 g/mol. The lowest BCUT2D eigenvalue weighted by molar-refractivity contribution is 0.375. The molecule has 1 rings (SSSR count). The quantitative estimate of drug-likeness (QED) is 0.609. The summed E-state index contributed by atoms with van der Waals surface area (Å²) < 4.78 is 0. The topological polar surface area (TPSA) is 40.5 Å². The maximum absolute atomic E-state index is 8.76. The van der Waals surface area contributed by atoms with E-state index in [1.807, 2.05) is 0 Å². The normalized spacial score (nSPS) is 10.9. The number of hydrogen-bond acceptors (Lipinski definition) is 4. The number of thioether (sulfide) groups is 2. The van der Waals surface area contributed by atoms with Crippen molar-refractivity contribution in [1.82, 2.24) is 0 Å². The lowest BCUT2D eigenvalue weighted by Gasteiger charge is -2.12. The van der Waals surface area contributed by atoms with Gasteiger partial charge >= 0.3 is 0 Å². The second kappa shape index (κ2) is 8.00. The molecule has 0 saturated heterocycles. The number of rotatable bonds is 6. The molecule has 0 heterocycles. The Bertz CT molecular complexity index is 388. The average Bonchev–Trinajstić information content (AvgIpc) is 2.32. The molecule has 0 fully saturated rings. The van der Waals surface area contributed by atoms with E-state index in [9.17, 15) is 0 Å². The van der Waals surface area contributed by atoms with Crippen LogP contribution >= 0.6 is 58.3 Å². The van der Waals surface area contributed by atoms with Crippen molar-refractivity contribution < 1.29 is 10.2 Å². The van der Waals surface area contributed by atoms with Crippen LogP contribution in [0.1, 0.15) is 11.1 Å². The molecule has 2 N–H and O–H groups in total. The molecule has 7 heteroatoms. The fourth-order valence-corrected chi connectivity index (χ4v) is 3.46. The van der Waals surface area contributed by atoms with Crippen molar-refractivity contribution in [2.45, 2.75) is 11.5 Å². The van der Waals surface area contributed by atoms with E-state index in [4.69, 9.17) is 45.0 Å². The van der Waals surface area contributed by atoms with Gasteiger partial charge in [-0.25, -0.2) is 0 Å². The molecule has 2 nitrogen and oxygen atoms in total. The van der Waals surface area contributed by atoms with Gasteiger partial charge in [0.25, 0.3) is 0 Å². The van der Waals surface area contributed by atoms with Crippen molar-refractivity contribution in [3.63, 3.8) is 0 Å². The number of hydrogen-bond donors (Lipinski definition) is 2. The van der Waals surface area contributed by atoms with Gasteiger partial charge in [0.1, 0.15) is 0 Å². The maximum Gasteiger partial charge on any atom is 0.0889 e. The molecule has 1 aromatic rings. The fraction of sp³-hybridized carbons (Fsp3) is 0.400. The van der Waals surface area contributed by atoms with E-state index in [1.165, 1.54) is 23.5 Å². The Labute approximate surface area is 124 Å². The molecule has 96 valence electrons. The highest BCUT2D eigenvalue weighted by atomic mass is 35.5. The zero-order chi connectivity index (χ0) is 12.8. The smallest absolute Gasteiger partial charge is 0.0889 e. The summed E-state index contributed by atoms with van der Waals surface area (Å²) in [4.78, 5) is 0. The van der Waals surface area contributed by atoms with Gasteiger partial charge in [-0.15, -0.1) is 23.5 Å². The fourth-order valence-electron chi connectivity index (χ4n) is 1.22. The number of aliphatic hydroxyl groups excluding tert-OH is 2. The summed E-state index contributed by atoms with van der Waals surface area (Å²) >= 11 is 21.0. The van der Waals surface area contributed by atoms with E-state index in [-0.39, 0.29) is 11.9 Å². The minimum atomic E-state index is 0.00634. The first-order chi connectivity index (χ1) is 8.11. The van der Waals surface area contributed by atoms with Gasteiger partial charge in [0.2, 0.25) is 0 Å². The highest BCUT2D eigenvalue weighted by Crippen LogP contribution is 2.38. The van der Waals surface area contributed by atoms with Crippen molar-refractivity contribution >= 4 is 58.3 Å². The van der Waals surface area contributed by atoms with Crippen molar-refractivity contribution in [3.05, 3.63) is 32.3 Å². The van der Waals surface area contributed by atoms with Crippen LogP contribution in [0.25, 0.3) is 0 Å². The molecule has 17 heavy (non-hydrogen) atoms. The predicted molar refractivity (Wildman–Crippen MR) is 78.2 cm³/mol. The molecule has 0 saturated carbocycles. The van der Waals surface area contributed by atoms with E-state index < -0.39 is 0 Å². The van der Waals surface area contributed by atoms with Gasteiger partial charge in [-0.3, -0.25) is 0 Å². The molecule has 0 atom stereocenters. The van der Waals surface area contributed by atoms with Crippen LogP contribution in [-0.4, -0.2) is 22.1 Å². The number of benzene rings is 1. The predicted octanol–water partition coefficient (Wildman–Crippen LogP) is 4.01. The molecule has 1 aromatic carbocycles. The molecule has 0 spiro atoms. The van der Waals surface area contributed by atoms with Crippen molar-refractivity contribution in [2.75, 3.05) is 11.9 Å². The molecular formula is C10H11Cl3O2S2. The van der Waals surface area contributed by atoms with E-state index in [2.05, 4.69) is 0 Å². The first kappa shape index (κ1) is 15.8. The van der Waals surface area contributed by atoms with E-state index in [0.29, 0.717) is 26.6 Å². The summed E-state index contributed by atoms with van der Waals surface area (Å²) in [6, 6.07) is 1.76. The summed E-state index contributed by atoms with van der Waals surface area (Å²) in [7, 11) is 0. The van der Waals surface area contributed by atoms with Crippen molar-refractivity contribution in [2.24, 2.45) is 0 Å². The maximum atomic E-state index is 8.76. The van der Waals surface area contributed by atoms with E-state index >= 15 is 0 Å². The summed E-state index contributed by atoms with van der Waals surface area (Å²) in [6.45, 7) is 0. The largest absolute Gasteiger partial charge is 0.386 e. The third-order valence-corrected chi connectivity index (χ3v) is 4.67. The van der Waals surface area contributed by atoms with Crippen LogP contribution in [0.2, 0.25) is 15.1 Å². The standard InChI is InChI=1S/C10H11Cl3O2S2/c11-8-1-6(2-16-4-14)9(12)10(13)7(8)3-17-5-15/h1,14-15H,2-5H2. The van der Waals surface area contributed by atoms with Gasteiger partial charge in [0.15, 0.2) is 0 Å². The molecule has 0 aliphatic rings. The van der Waals surface area contributed by atoms with E-state index in [1.54, 1.807) is 6.07 Å². The first-order valence-electron chi connectivity index (χ1n) is 4.64.